The number of anilines is 1. The van der Waals surface area contributed by atoms with Gasteiger partial charge in [-0.05, 0) is 36.2 Å². The number of hydrogen-bond acceptors (Lipinski definition) is 1. The Morgan fingerprint density at radius 1 is 1.05 bits per heavy atom. The predicted octanol–water partition coefficient (Wildman–Crippen LogP) is 4.64. The number of carbonyl (C=O) groups excluding carboxylic acids is 1. The summed E-state index contributed by atoms with van der Waals surface area (Å²) in [6.07, 6.45) is 0.524. The van der Waals surface area contributed by atoms with Crippen molar-refractivity contribution in [3.05, 3.63) is 63.6 Å². The third-order valence-corrected chi connectivity index (χ3v) is 3.60. The van der Waals surface area contributed by atoms with Gasteiger partial charge < -0.3 is 10.6 Å². The molecule has 0 heterocycles. The molecule has 0 saturated heterocycles. The topological polar surface area (TPSA) is 41.1 Å². The molecule has 2 rings (SSSR count). The Balaban J connectivity index is 1.85. The van der Waals surface area contributed by atoms with E-state index in [-0.39, 0.29) is 5.69 Å². The zero-order valence-corrected chi connectivity index (χ0v) is 12.8. The zero-order chi connectivity index (χ0) is 16.1. The molecule has 0 aliphatic heterocycles. The highest BCUT2D eigenvalue weighted by atomic mass is 35.5. The summed E-state index contributed by atoms with van der Waals surface area (Å²) in [7, 11) is 0. The Morgan fingerprint density at radius 3 is 2.55 bits per heavy atom. The first-order valence-electron chi connectivity index (χ1n) is 6.39. The van der Waals surface area contributed by atoms with E-state index in [4.69, 9.17) is 23.2 Å². The van der Waals surface area contributed by atoms with Crippen molar-refractivity contribution in [1.29, 1.82) is 0 Å². The van der Waals surface area contributed by atoms with E-state index in [2.05, 4.69) is 10.6 Å². The van der Waals surface area contributed by atoms with Crippen LogP contribution in [0.3, 0.4) is 0 Å². The highest BCUT2D eigenvalue weighted by Crippen LogP contribution is 2.22. The van der Waals surface area contributed by atoms with E-state index in [1.807, 2.05) is 0 Å². The Labute approximate surface area is 136 Å². The molecule has 0 saturated carbocycles. The van der Waals surface area contributed by atoms with Crippen LogP contribution in [-0.4, -0.2) is 12.6 Å². The third-order valence-electron chi connectivity index (χ3n) is 2.86. The monoisotopic (exact) mass is 344 g/mol. The minimum atomic E-state index is -0.707. The van der Waals surface area contributed by atoms with Gasteiger partial charge in [0, 0.05) is 12.6 Å². The number of nitrogens with one attached hydrogen (secondary N) is 2. The number of carbonyl (C=O) groups is 1. The molecule has 2 N–H and O–H groups in total. The zero-order valence-electron chi connectivity index (χ0n) is 11.3. The molecule has 2 amide bonds. The summed E-state index contributed by atoms with van der Waals surface area (Å²) in [6, 6.07) is 7.37. The van der Waals surface area contributed by atoms with Crippen LogP contribution in [0.1, 0.15) is 5.56 Å². The number of amides is 2. The summed E-state index contributed by atoms with van der Waals surface area (Å²) in [5.74, 6) is -1.34. The summed E-state index contributed by atoms with van der Waals surface area (Å²) in [6.45, 7) is 0.306. The maximum atomic E-state index is 13.4. The molecule has 2 aromatic rings. The van der Waals surface area contributed by atoms with E-state index < -0.39 is 17.7 Å². The van der Waals surface area contributed by atoms with E-state index in [0.29, 0.717) is 23.0 Å². The van der Waals surface area contributed by atoms with Crippen LogP contribution in [0.4, 0.5) is 19.3 Å². The average Bonchev–Trinajstić information content (AvgIpc) is 2.47. The van der Waals surface area contributed by atoms with Crippen molar-refractivity contribution in [3.63, 3.8) is 0 Å². The third kappa shape index (κ3) is 4.58. The summed E-state index contributed by atoms with van der Waals surface area (Å²) in [4.78, 5) is 11.6. The first-order chi connectivity index (χ1) is 10.5. The molecule has 116 valence electrons. The fourth-order valence-corrected chi connectivity index (χ4v) is 2.10. The fraction of sp³-hybridized carbons (Fsp3) is 0.133. The normalized spacial score (nSPS) is 10.4. The van der Waals surface area contributed by atoms with E-state index in [9.17, 15) is 13.6 Å². The lowest BCUT2D eigenvalue weighted by molar-refractivity contribution is 0.252. The van der Waals surface area contributed by atoms with Gasteiger partial charge in [0.05, 0.1) is 15.7 Å². The number of rotatable bonds is 4. The van der Waals surface area contributed by atoms with Crippen molar-refractivity contribution in [2.75, 3.05) is 11.9 Å². The predicted molar refractivity (Wildman–Crippen MR) is 83.5 cm³/mol. The largest absolute Gasteiger partial charge is 0.338 e. The minimum absolute atomic E-state index is 0.216. The van der Waals surface area contributed by atoms with E-state index >= 15 is 0 Å². The molecule has 22 heavy (non-hydrogen) atoms. The molecule has 0 aliphatic rings. The van der Waals surface area contributed by atoms with Crippen LogP contribution in [0.2, 0.25) is 10.0 Å². The highest BCUT2D eigenvalue weighted by Gasteiger charge is 2.08. The van der Waals surface area contributed by atoms with E-state index in [1.54, 1.807) is 18.2 Å². The lowest BCUT2D eigenvalue weighted by Gasteiger charge is -2.09. The second-order valence-electron chi connectivity index (χ2n) is 4.50. The molecule has 0 unspecified atom stereocenters. The second-order valence-corrected chi connectivity index (χ2v) is 5.32. The van der Waals surface area contributed by atoms with Crippen molar-refractivity contribution >= 4 is 34.9 Å². The van der Waals surface area contributed by atoms with Gasteiger partial charge in [0.25, 0.3) is 0 Å². The SMILES string of the molecule is O=C(NCCc1ccc(Cl)c(Cl)c1)Nc1cc(F)ccc1F. The van der Waals surface area contributed by atoms with Crippen LogP contribution in [0, 0.1) is 11.6 Å². The van der Waals surface area contributed by atoms with Gasteiger partial charge in [-0.15, -0.1) is 0 Å². The quantitative estimate of drug-likeness (QED) is 0.833. The van der Waals surface area contributed by atoms with E-state index in [1.165, 1.54) is 0 Å². The maximum Gasteiger partial charge on any atom is 0.319 e. The summed E-state index contributed by atoms with van der Waals surface area (Å²) in [5.41, 5.74) is 0.679. The lowest BCUT2D eigenvalue weighted by Crippen LogP contribution is -2.30. The van der Waals surface area contributed by atoms with Crippen LogP contribution in [-0.2, 0) is 6.42 Å². The summed E-state index contributed by atoms with van der Waals surface area (Å²) >= 11 is 11.7. The highest BCUT2D eigenvalue weighted by molar-refractivity contribution is 6.42. The molecule has 0 atom stereocenters. The van der Waals surface area contributed by atoms with Crippen LogP contribution in [0.25, 0.3) is 0 Å². The van der Waals surface area contributed by atoms with Gasteiger partial charge in [-0.2, -0.15) is 0 Å². The Bertz CT molecular complexity index is 695. The van der Waals surface area contributed by atoms with Crippen LogP contribution >= 0.6 is 23.2 Å². The minimum Gasteiger partial charge on any atom is -0.338 e. The Morgan fingerprint density at radius 2 is 1.82 bits per heavy atom. The Hall–Kier alpha value is -1.85. The summed E-state index contributed by atoms with van der Waals surface area (Å²) < 4.78 is 26.3. The first kappa shape index (κ1) is 16.5. The number of hydrogen-bond donors (Lipinski definition) is 2. The van der Waals surface area contributed by atoms with Crippen molar-refractivity contribution in [2.24, 2.45) is 0 Å². The van der Waals surface area contributed by atoms with Crippen LogP contribution in [0.15, 0.2) is 36.4 Å². The maximum absolute atomic E-state index is 13.4. The van der Waals surface area contributed by atoms with Gasteiger partial charge in [0.15, 0.2) is 0 Å². The van der Waals surface area contributed by atoms with Gasteiger partial charge in [0.1, 0.15) is 11.6 Å². The fourth-order valence-electron chi connectivity index (χ4n) is 1.78. The smallest absolute Gasteiger partial charge is 0.319 e. The van der Waals surface area contributed by atoms with Crippen molar-refractivity contribution in [1.82, 2.24) is 5.32 Å². The van der Waals surface area contributed by atoms with Gasteiger partial charge in [0.2, 0.25) is 0 Å². The van der Waals surface area contributed by atoms with Gasteiger partial charge >= 0.3 is 6.03 Å². The van der Waals surface area contributed by atoms with Crippen LogP contribution < -0.4 is 10.6 Å². The molecule has 0 bridgehead atoms. The van der Waals surface area contributed by atoms with Crippen molar-refractivity contribution < 1.29 is 13.6 Å². The van der Waals surface area contributed by atoms with E-state index in [0.717, 1.165) is 23.8 Å². The van der Waals surface area contributed by atoms with Crippen molar-refractivity contribution in [3.8, 4) is 0 Å². The molecule has 7 heteroatoms. The van der Waals surface area contributed by atoms with Crippen molar-refractivity contribution in [2.45, 2.75) is 6.42 Å². The molecular formula is C15H12Cl2F2N2O. The molecule has 0 radical (unpaired) electrons. The van der Waals surface area contributed by atoms with Gasteiger partial charge in [-0.1, -0.05) is 29.3 Å². The molecule has 0 spiro atoms. The second kappa shape index (κ2) is 7.42. The molecule has 3 nitrogen and oxygen atoms in total. The first-order valence-corrected chi connectivity index (χ1v) is 7.15. The van der Waals surface area contributed by atoms with Gasteiger partial charge in [-0.25, -0.2) is 13.6 Å². The summed E-state index contributed by atoms with van der Waals surface area (Å²) in [5, 5.41) is 5.68. The Kier molecular flexibility index (Phi) is 5.57. The standard InChI is InChI=1S/C15H12Cl2F2N2O/c16-11-3-1-9(7-12(11)17)5-6-20-15(22)21-14-8-10(18)2-4-13(14)19/h1-4,7-8H,5-6H2,(H2,20,21,22). The number of urea groups is 1. The molecular weight excluding hydrogens is 333 g/mol. The molecule has 0 aromatic heterocycles. The molecule has 2 aromatic carbocycles. The average molecular weight is 345 g/mol. The number of benzene rings is 2. The molecule has 0 aliphatic carbocycles. The van der Waals surface area contributed by atoms with Gasteiger partial charge in [-0.3, -0.25) is 0 Å². The lowest BCUT2D eigenvalue weighted by atomic mass is 10.1. The van der Waals surface area contributed by atoms with Crippen LogP contribution in [0.5, 0.6) is 0 Å². The molecule has 0 fully saturated rings. The number of halogens is 4.